The molecule has 1 N–H and O–H groups in total. The highest BCUT2D eigenvalue weighted by Crippen LogP contribution is 2.11. The van der Waals surface area contributed by atoms with E-state index < -0.39 is 0 Å². The molecule has 4 nitrogen and oxygen atoms in total. The molecule has 5 heteroatoms. The zero-order chi connectivity index (χ0) is 13.5. The molecule has 19 heavy (non-hydrogen) atoms. The van der Waals surface area contributed by atoms with Crippen LogP contribution in [-0.4, -0.2) is 5.91 Å². The van der Waals surface area contributed by atoms with Crippen LogP contribution in [0.25, 0.3) is 6.08 Å². The molecule has 0 saturated heterocycles. The lowest BCUT2D eigenvalue weighted by Gasteiger charge is -2.02. The summed E-state index contributed by atoms with van der Waals surface area (Å²) in [5.74, 6) is 0.296. The third kappa shape index (κ3) is 4.88. The average Bonchev–Trinajstić information content (AvgIpc) is 2.83. The Labute approximate surface area is 124 Å². The van der Waals surface area contributed by atoms with E-state index in [0.717, 1.165) is 9.33 Å². The largest absolute Gasteiger partial charge is 0.451 e. The molecule has 2 aromatic rings. The number of carbonyl (C=O) groups is 1. The Balaban J connectivity index is 1.74. The van der Waals surface area contributed by atoms with Crippen molar-refractivity contribution in [3.63, 3.8) is 0 Å². The Kier molecular flexibility index (Phi) is 5.17. The lowest BCUT2D eigenvalue weighted by Crippen LogP contribution is -2.21. The van der Waals surface area contributed by atoms with Gasteiger partial charge in [-0.1, -0.05) is 30.3 Å². The van der Waals surface area contributed by atoms with Gasteiger partial charge in [0.05, 0.1) is 6.61 Å². The molecule has 1 aromatic heterocycles. The molecule has 0 aliphatic carbocycles. The van der Waals surface area contributed by atoms with Crippen molar-refractivity contribution in [2.75, 3.05) is 0 Å². The number of hydroxylamine groups is 1. The van der Waals surface area contributed by atoms with Gasteiger partial charge >= 0.3 is 0 Å². The summed E-state index contributed by atoms with van der Waals surface area (Å²) in [5, 5.41) is 0. The van der Waals surface area contributed by atoms with E-state index in [1.807, 2.05) is 36.4 Å². The van der Waals surface area contributed by atoms with Crippen LogP contribution >= 0.6 is 22.6 Å². The van der Waals surface area contributed by atoms with Crippen molar-refractivity contribution in [1.82, 2.24) is 5.48 Å². The number of furan rings is 1. The van der Waals surface area contributed by atoms with E-state index >= 15 is 0 Å². The summed E-state index contributed by atoms with van der Waals surface area (Å²) in [4.78, 5) is 16.5. The summed E-state index contributed by atoms with van der Waals surface area (Å²) >= 11 is 2.06. The van der Waals surface area contributed by atoms with Gasteiger partial charge in [0, 0.05) is 6.08 Å². The second-order valence-corrected chi connectivity index (χ2v) is 4.78. The van der Waals surface area contributed by atoms with E-state index in [4.69, 9.17) is 9.25 Å². The fraction of sp³-hybridized carbons (Fsp3) is 0.0714. The van der Waals surface area contributed by atoms with Crippen molar-refractivity contribution >= 4 is 34.6 Å². The monoisotopic (exact) mass is 369 g/mol. The Morgan fingerprint density at radius 1 is 1.26 bits per heavy atom. The Bertz CT molecular complexity index is 563. The van der Waals surface area contributed by atoms with E-state index in [1.54, 1.807) is 12.1 Å². The molecule has 0 radical (unpaired) electrons. The maximum absolute atomic E-state index is 11.4. The number of carbonyl (C=O) groups excluding carboxylic acids is 1. The minimum atomic E-state index is -0.331. The first-order valence-corrected chi connectivity index (χ1v) is 6.71. The number of hydrogen-bond donors (Lipinski definition) is 1. The first-order chi connectivity index (χ1) is 9.24. The minimum Gasteiger partial charge on any atom is -0.451 e. The second kappa shape index (κ2) is 7.10. The molecular weight excluding hydrogens is 357 g/mol. The Morgan fingerprint density at radius 2 is 2.05 bits per heavy atom. The van der Waals surface area contributed by atoms with Gasteiger partial charge in [-0.05, 0) is 46.4 Å². The van der Waals surface area contributed by atoms with Crippen molar-refractivity contribution < 1.29 is 14.0 Å². The summed E-state index contributed by atoms with van der Waals surface area (Å²) in [5.41, 5.74) is 3.33. The molecule has 0 aliphatic heterocycles. The van der Waals surface area contributed by atoms with Crippen molar-refractivity contribution in [3.8, 4) is 0 Å². The van der Waals surface area contributed by atoms with Crippen molar-refractivity contribution in [2.45, 2.75) is 6.61 Å². The topological polar surface area (TPSA) is 51.5 Å². The molecule has 0 spiro atoms. The Hall–Kier alpha value is -1.60. The normalized spacial score (nSPS) is 10.8. The molecule has 0 unspecified atom stereocenters. The fourth-order valence-electron chi connectivity index (χ4n) is 1.37. The number of benzene rings is 1. The number of amides is 1. The number of hydrogen-bond acceptors (Lipinski definition) is 3. The van der Waals surface area contributed by atoms with Crippen LogP contribution in [0.3, 0.4) is 0 Å². The number of nitrogens with one attached hydrogen (secondary N) is 1. The van der Waals surface area contributed by atoms with E-state index in [2.05, 4.69) is 28.1 Å². The van der Waals surface area contributed by atoms with E-state index in [1.165, 1.54) is 6.08 Å². The highest BCUT2D eigenvalue weighted by Gasteiger charge is 1.98. The van der Waals surface area contributed by atoms with Crippen molar-refractivity contribution in [2.24, 2.45) is 0 Å². The summed E-state index contributed by atoms with van der Waals surface area (Å²) in [6, 6.07) is 13.2. The molecule has 98 valence electrons. The van der Waals surface area contributed by atoms with Crippen molar-refractivity contribution in [1.29, 1.82) is 0 Å². The van der Waals surface area contributed by atoms with Crippen LogP contribution in [-0.2, 0) is 16.2 Å². The first kappa shape index (κ1) is 13.8. The van der Waals surface area contributed by atoms with Gasteiger partial charge in [-0.3, -0.25) is 9.63 Å². The van der Waals surface area contributed by atoms with Crippen LogP contribution in [0, 0.1) is 3.77 Å². The minimum absolute atomic E-state index is 0.331. The molecular formula is C14H12INO3. The van der Waals surface area contributed by atoms with Crippen LogP contribution < -0.4 is 5.48 Å². The Morgan fingerprint density at radius 3 is 2.74 bits per heavy atom. The van der Waals surface area contributed by atoms with Gasteiger partial charge in [0.2, 0.25) is 0 Å². The summed E-state index contributed by atoms with van der Waals surface area (Å²) in [6.45, 7) is 0.332. The summed E-state index contributed by atoms with van der Waals surface area (Å²) in [7, 11) is 0. The molecule has 0 saturated carbocycles. The lowest BCUT2D eigenvalue weighted by atomic mass is 10.2. The van der Waals surface area contributed by atoms with Gasteiger partial charge in [-0.15, -0.1) is 0 Å². The maximum atomic E-state index is 11.4. The van der Waals surface area contributed by atoms with Crippen molar-refractivity contribution in [3.05, 3.63) is 63.6 Å². The van der Waals surface area contributed by atoms with E-state index in [0.29, 0.717) is 12.4 Å². The zero-order valence-corrected chi connectivity index (χ0v) is 12.2. The molecule has 0 aliphatic rings. The first-order valence-electron chi connectivity index (χ1n) is 5.63. The summed E-state index contributed by atoms with van der Waals surface area (Å²) in [6.07, 6.45) is 2.95. The highest BCUT2D eigenvalue weighted by atomic mass is 127. The average molecular weight is 369 g/mol. The number of halogens is 1. The molecule has 1 aromatic carbocycles. The van der Waals surface area contributed by atoms with E-state index in [-0.39, 0.29) is 5.91 Å². The predicted octanol–water partition coefficient (Wildman–Crippen LogP) is 3.15. The molecule has 1 heterocycles. The highest BCUT2D eigenvalue weighted by molar-refractivity contribution is 14.1. The fourth-order valence-corrected chi connectivity index (χ4v) is 1.81. The maximum Gasteiger partial charge on any atom is 0.267 e. The SMILES string of the molecule is O=C(/C=C/c1ccc(I)o1)NOCc1ccccc1. The molecule has 0 fully saturated rings. The van der Waals surface area contributed by atoms with Crippen LogP contribution in [0.1, 0.15) is 11.3 Å². The summed E-state index contributed by atoms with van der Waals surface area (Å²) < 4.78 is 6.06. The zero-order valence-electron chi connectivity index (χ0n) is 10.0. The smallest absolute Gasteiger partial charge is 0.267 e. The van der Waals surface area contributed by atoms with Crippen LogP contribution in [0.4, 0.5) is 0 Å². The van der Waals surface area contributed by atoms with Crippen LogP contribution in [0.5, 0.6) is 0 Å². The second-order valence-electron chi connectivity index (χ2n) is 3.72. The van der Waals surface area contributed by atoms with Gasteiger partial charge in [0.1, 0.15) is 5.76 Å². The predicted molar refractivity (Wildman–Crippen MR) is 79.8 cm³/mol. The standard InChI is InChI=1S/C14H12INO3/c15-13-8-6-12(19-13)7-9-14(17)16-18-10-11-4-2-1-3-5-11/h1-9H,10H2,(H,16,17)/b9-7+. The quantitative estimate of drug-likeness (QED) is 0.501. The third-order valence-corrected chi connectivity index (χ3v) is 2.83. The number of rotatable bonds is 5. The van der Waals surface area contributed by atoms with Gasteiger partial charge in [0.25, 0.3) is 5.91 Å². The molecule has 2 rings (SSSR count). The molecule has 1 amide bonds. The van der Waals surface area contributed by atoms with Gasteiger partial charge in [-0.25, -0.2) is 5.48 Å². The molecule has 0 atom stereocenters. The van der Waals surface area contributed by atoms with E-state index in [9.17, 15) is 4.79 Å². The van der Waals surface area contributed by atoms with Gasteiger partial charge in [-0.2, -0.15) is 0 Å². The van der Waals surface area contributed by atoms with Gasteiger partial charge < -0.3 is 4.42 Å². The lowest BCUT2D eigenvalue weighted by molar-refractivity contribution is -0.129. The van der Waals surface area contributed by atoms with Crippen LogP contribution in [0.2, 0.25) is 0 Å². The van der Waals surface area contributed by atoms with Crippen LogP contribution in [0.15, 0.2) is 53.0 Å². The third-order valence-electron chi connectivity index (χ3n) is 2.25. The van der Waals surface area contributed by atoms with Gasteiger partial charge in [0.15, 0.2) is 3.77 Å². The molecule has 0 bridgehead atoms.